The first-order valence-electron chi connectivity index (χ1n) is 25.0. The van der Waals surface area contributed by atoms with Gasteiger partial charge in [0.2, 0.25) is 0 Å². The molecule has 0 fully saturated rings. The number of hydrogen-bond donors (Lipinski definition) is 0. The summed E-state index contributed by atoms with van der Waals surface area (Å²) in [7, 11) is 0. The first-order valence-corrected chi connectivity index (χ1v) is 16.0. The predicted molar refractivity (Wildman–Crippen MR) is 216 cm³/mol. The van der Waals surface area contributed by atoms with E-state index in [9.17, 15) is 8.22 Å². The van der Waals surface area contributed by atoms with Crippen molar-refractivity contribution in [2.45, 2.75) is 0 Å². The molecule has 11 aromatic rings. The Kier molecular flexibility index (Phi) is 3.23. The monoisotopic (exact) mass is 648 g/mol. The maximum absolute atomic E-state index is 9.49. The molecule has 0 saturated heterocycles. The summed E-state index contributed by atoms with van der Waals surface area (Å²) >= 11 is 0. The summed E-state index contributed by atoms with van der Waals surface area (Å²) in [5.41, 5.74) is 3.23. The largest absolute Gasteiger partial charge is 0.0630 e. The Bertz CT molecular complexity index is 4060. The normalized spacial score (nSPS) is 17.0. The molecule has 50 heavy (non-hydrogen) atoms. The molecule has 0 nitrogen and oxygen atoms in total. The average Bonchev–Trinajstić information content (AvgIpc) is 3.33. The molecule has 0 aliphatic carbocycles. The molecule has 11 rings (SSSR count). The molecule has 0 unspecified atom stereocenters. The van der Waals surface area contributed by atoms with Gasteiger partial charge in [0.05, 0.1) is 24.7 Å². The van der Waals surface area contributed by atoms with Crippen LogP contribution in [0.4, 0.5) is 0 Å². The van der Waals surface area contributed by atoms with Gasteiger partial charge in [0.1, 0.15) is 0 Å². The van der Waals surface area contributed by atoms with Crippen molar-refractivity contribution in [3.8, 4) is 44.5 Å². The summed E-state index contributed by atoms with van der Waals surface area (Å²) in [5.74, 6) is 0. The Morgan fingerprint density at radius 1 is 0.280 bits per heavy atom. The summed E-state index contributed by atoms with van der Waals surface area (Å²) in [5, 5.41) is -0.585. The zero-order chi connectivity index (χ0) is 48.4. The van der Waals surface area contributed by atoms with Crippen LogP contribution in [-0.4, -0.2) is 0 Å². The van der Waals surface area contributed by atoms with Gasteiger partial charge < -0.3 is 0 Å². The first kappa shape index (κ1) is 15.4. The second kappa shape index (κ2) is 10.5. The maximum Gasteiger partial charge on any atom is 0.0630 e. The van der Waals surface area contributed by atoms with Crippen LogP contribution >= 0.6 is 0 Å². The van der Waals surface area contributed by atoms with Crippen LogP contribution in [0.3, 0.4) is 0 Å². The van der Waals surface area contributed by atoms with Gasteiger partial charge in [0.25, 0.3) is 0 Å². The predicted octanol–water partition coefficient (Wildman–Crippen LogP) is 14.1. The van der Waals surface area contributed by atoms with Gasteiger partial charge in [-0.05, 0) is 121 Å². The van der Waals surface area contributed by atoms with E-state index in [-0.39, 0.29) is 87.8 Å². The summed E-state index contributed by atoms with van der Waals surface area (Å²) < 4.78 is 162. The third kappa shape index (κ3) is 4.00. The van der Waals surface area contributed by atoms with Crippen molar-refractivity contribution in [1.82, 2.24) is 0 Å². The molecule has 0 aromatic heterocycles. The number of benzene rings is 11. The summed E-state index contributed by atoms with van der Waals surface area (Å²) in [6.45, 7) is 0. The van der Waals surface area contributed by atoms with Crippen molar-refractivity contribution in [3.05, 3.63) is 182 Å². The molecule has 11 aromatic carbocycles. The third-order valence-corrected chi connectivity index (χ3v) is 9.48. The first-order chi connectivity index (χ1) is 32.3. The van der Waals surface area contributed by atoms with E-state index in [1.807, 2.05) is 36.4 Å². The summed E-state index contributed by atoms with van der Waals surface area (Å²) in [4.78, 5) is 0. The Hall–Kier alpha value is -6.50. The maximum atomic E-state index is 9.49. The fourth-order valence-corrected chi connectivity index (χ4v) is 7.20. The van der Waals surface area contributed by atoms with Gasteiger partial charge in [0, 0.05) is 0 Å². The van der Waals surface area contributed by atoms with E-state index in [4.69, 9.17) is 16.4 Å². The van der Waals surface area contributed by atoms with Crippen LogP contribution in [0.2, 0.25) is 0 Å². The van der Waals surface area contributed by atoms with Crippen molar-refractivity contribution >= 4 is 64.6 Å². The Labute approximate surface area is 315 Å². The van der Waals surface area contributed by atoms with Crippen molar-refractivity contribution in [1.29, 1.82) is 0 Å². The van der Waals surface area contributed by atoms with Gasteiger partial charge >= 0.3 is 0 Å². The SMILES string of the molecule is [2H]c1c([2H])c2c([2H])c([2H])c3c([2H])c([2H])c(-c4cccc(-c5ccc(-c6c([2H])c([2H])c7c([2H])c([2H])c8c([2H])c([2H])c([2H])c9c([2H])c([2H])c6c7c89)c(-c6ccccc6)c5)c4)c4c([2H])c([2H])c(c1[2H])c2c34. The van der Waals surface area contributed by atoms with Crippen molar-refractivity contribution in [2.24, 2.45) is 0 Å². The van der Waals surface area contributed by atoms with Gasteiger partial charge in [-0.3, -0.25) is 0 Å². The van der Waals surface area contributed by atoms with E-state index in [0.717, 1.165) is 0 Å². The number of hydrogen-bond acceptors (Lipinski definition) is 0. The van der Waals surface area contributed by atoms with E-state index in [2.05, 4.69) is 0 Å². The molecule has 230 valence electrons. The lowest BCUT2D eigenvalue weighted by Gasteiger charge is -2.18. The van der Waals surface area contributed by atoms with Crippen LogP contribution < -0.4 is 0 Å². The minimum Gasteiger partial charge on any atom is -0.0622 e. The van der Waals surface area contributed by atoms with Gasteiger partial charge in [0.15, 0.2) is 0 Å². The quantitative estimate of drug-likeness (QED) is 0.167. The average molecular weight is 649 g/mol. The zero-order valence-corrected chi connectivity index (χ0v) is 25.9. The van der Waals surface area contributed by atoms with Crippen LogP contribution in [0.25, 0.3) is 109 Å². The van der Waals surface area contributed by atoms with E-state index in [1.54, 1.807) is 36.4 Å². The fraction of sp³-hybridized carbons (Fsp3) is 0. The van der Waals surface area contributed by atoms with Gasteiger partial charge in [-0.1, -0.05) is 169 Å². The van der Waals surface area contributed by atoms with Crippen molar-refractivity contribution in [2.75, 3.05) is 0 Å². The van der Waals surface area contributed by atoms with Crippen LogP contribution in [0.15, 0.2) is 182 Å². The van der Waals surface area contributed by atoms with Crippen LogP contribution in [-0.2, 0) is 0 Å². The molecule has 0 heteroatoms. The molecule has 0 radical (unpaired) electrons. The molecule has 0 amide bonds. The molecule has 0 spiro atoms. The molecule has 0 saturated carbocycles. The van der Waals surface area contributed by atoms with E-state index < -0.39 is 96.7 Å². The molecular weight excluding hydrogens is 601 g/mol. The molecule has 0 N–H and O–H groups in total. The van der Waals surface area contributed by atoms with Crippen molar-refractivity contribution in [3.63, 3.8) is 0 Å². The topological polar surface area (TPSA) is 0 Å². The Morgan fingerprint density at radius 2 is 0.760 bits per heavy atom. The summed E-state index contributed by atoms with van der Waals surface area (Å²) in [6.07, 6.45) is 0. The highest BCUT2D eigenvalue weighted by atomic mass is 14.2. The lowest BCUT2D eigenvalue weighted by atomic mass is 9.86. The molecular formula is C50H30. The molecule has 0 aliphatic rings. The van der Waals surface area contributed by atoms with Gasteiger partial charge in [-0.25, -0.2) is 0 Å². The second-order valence-electron chi connectivity index (χ2n) is 12.2. The highest BCUT2D eigenvalue weighted by Gasteiger charge is 2.17. The second-order valence-corrected chi connectivity index (χ2v) is 12.2. The van der Waals surface area contributed by atoms with E-state index in [0.29, 0.717) is 33.4 Å². The van der Waals surface area contributed by atoms with Crippen molar-refractivity contribution < 1.29 is 24.7 Å². The van der Waals surface area contributed by atoms with Crippen LogP contribution in [0, 0.1) is 0 Å². The highest BCUT2D eigenvalue weighted by molar-refractivity contribution is 6.27. The number of rotatable bonds is 4. The lowest BCUT2D eigenvalue weighted by Crippen LogP contribution is -1.91. The fourth-order valence-electron chi connectivity index (χ4n) is 7.20. The van der Waals surface area contributed by atoms with Gasteiger partial charge in [-0.2, -0.15) is 0 Å². The van der Waals surface area contributed by atoms with E-state index in [1.165, 1.54) is 0 Å². The van der Waals surface area contributed by atoms with Crippen LogP contribution in [0.1, 0.15) is 24.7 Å². The Morgan fingerprint density at radius 3 is 1.40 bits per heavy atom. The van der Waals surface area contributed by atoms with Gasteiger partial charge in [-0.15, -0.1) is 0 Å². The minimum absolute atomic E-state index is 0.0194. The molecule has 0 aliphatic heterocycles. The summed E-state index contributed by atoms with van der Waals surface area (Å²) in [6, 6.07) is 12.9. The van der Waals surface area contributed by atoms with Crippen LogP contribution in [0.5, 0.6) is 0 Å². The lowest BCUT2D eigenvalue weighted by molar-refractivity contribution is 1.57. The zero-order valence-electron chi connectivity index (χ0n) is 43.9. The third-order valence-electron chi connectivity index (χ3n) is 9.48. The van der Waals surface area contributed by atoms with E-state index >= 15 is 0 Å². The minimum atomic E-state index is -0.562. The molecule has 0 atom stereocenters. The standard InChI is InChI=1S/C50H30/c1-2-7-31(8-3-1)46-30-39(23-26-43(46)42-25-20-37-18-16-33-10-5-12-35-22-28-45(42)50(37)48(33)35)38-13-6-14-40(29-38)41-24-19-36-17-15-32-9-4-11-34-21-27-44(41)49(36)47(32)34/h1-30H/i4D,5D,9D,10D,11D,12D,15D,16D,17D,18D,19D,20D,21D,22D,24D,25D,27D,28D. The molecule has 0 bridgehead atoms. The molecule has 0 heterocycles. The Balaban J connectivity index is 1.20. The highest BCUT2D eigenvalue weighted by Crippen LogP contribution is 2.44. The smallest absolute Gasteiger partial charge is 0.0622 e.